The van der Waals surface area contributed by atoms with Crippen LogP contribution in [0.4, 0.5) is 0 Å². The molecule has 0 spiro atoms. The van der Waals surface area contributed by atoms with Gasteiger partial charge in [0.05, 0.1) is 0 Å². The molecule has 1 fully saturated rings. The minimum absolute atomic E-state index is 0.201. The van der Waals surface area contributed by atoms with E-state index in [4.69, 9.17) is 0 Å². The molecule has 1 aliphatic heterocycles. The van der Waals surface area contributed by atoms with Crippen molar-refractivity contribution >= 4 is 5.91 Å². The number of hydrogen-bond donors (Lipinski definition) is 1. The number of hydrogen-bond acceptors (Lipinski definition) is 2. The maximum absolute atomic E-state index is 10.7. The Labute approximate surface area is 61.4 Å². The van der Waals surface area contributed by atoms with Gasteiger partial charge in [0.2, 0.25) is 5.91 Å². The topological polar surface area (TPSA) is 32.3 Å². The lowest BCUT2D eigenvalue weighted by atomic mass is 10.1. The largest absolute Gasteiger partial charge is 0.356 e. The van der Waals surface area contributed by atoms with Crippen LogP contribution in [0.3, 0.4) is 0 Å². The number of nitrogens with zero attached hydrogens (tertiary/aromatic N) is 1. The van der Waals surface area contributed by atoms with E-state index in [2.05, 4.69) is 10.2 Å². The molecule has 1 unspecified atom stereocenters. The van der Waals surface area contributed by atoms with Gasteiger partial charge in [-0.15, -0.1) is 0 Å². The van der Waals surface area contributed by atoms with Gasteiger partial charge in [-0.25, -0.2) is 0 Å². The predicted octanol–water partition coefficient (Wildman–Crippen LogP) is -0.316. The molecule has 1 atom stereocenters. The third kappa shape index (κ3) is 1.99. The summed E-state index contributed by atoms with van der Waals surface area (Å²) in [5, 5.41) is 2.81. The Morgan fingerprint density at radius 1 is 1.70 bits per heavy atom. The van der Waals surface area contributed by atoms with Crippen LogP contribution < -0.4 is 5.32 Å². The molecule has 0 aliphatic carbocycles. The molecule has 10 heavy (non-hydrogen) atoms. The molecule has 1 N–H and O–H groups in total. The van der Waals surface area contributed by atoms with Crippen LogP contribution in [0.2, 0.25) is 0 Å². The molecule has 0 aromatic carbocycles. The lowest BCUT2D eigenvalue weighted by Crippen LogP contribution is -2.23. The monoisotopic (exact) mass is 142 g/mol. The van der Waals surface area contributed by atoms with Gasteiger partial charge in [0.15, 0.2) is 0 Å². The zero-order chi connectivity index (χ0) is 7.56. The van der Waals surface area contributed by atoms with Gasteiger partial charge in [-0.1, -0.05) is 0 Å². The SMILES string of the molecule is CN(C)CC1CNC(=O)C1. The first-order chi connectivity index (χ1) is 4.68. The smallest absolute Gasteiger partial charge is 0.220 e. The zero-order valence-electron chi connectivity index (χ0n) is 6.55. The highest BCUT2D eigenvalue weighted by Crippen LogP contribution is 2.08. The van der Waals surface area contributed by atoms with Gasteiger partial charge >= 0.3 is 0 Å². The van der Waals surface area contributed by atoms with E-state index in [0.717, 1.165) is 13.1 Å². The van der Waals surface area contributed by atoms with Crippen molar-refractivity contribution in [3.8, 4) is 0 Å². The second-order valence-electron chi connectivity index (χ2n) is 3.14. The fourth-order valence-corrected chi connectivity index (χ4v) is 1.31. The van der Waals surface area contributed by atoms with Crippen molar-refractivity contribution in [1.29, 1.82) is 0 Å². The van der Waals surface area contributed by atoms with E-state index in [9.17, 15) is 4.79 Å². The van der Waals surface area contributed by atoms with Gasteiger partial charge in [0.1, 0.15) is 0 Å². The summed E-state index contributed by atoms with van der Waals surface area (Å²) in [5.41, 5.74) is 0. The maximum Gasteiger partial charge on any atom is 0.220 e. The highest BCUT2D eigenvalue weighted by molar-refractivity contribution is 5.78. The molecule has 58 valence electrons. The van der Waals surface area contributed by atoms with Crippen molar-refractivity contribution in [2.75, 3.05) is 27.2 Å². The van der Waals surface area contributed by atoms with Crippen LogP contribution in [-0.4, -0.2) is 38.0 Å². The number of nitrogens with one attached hydrogen (secondary N) is 1. The van der Waals surface area contributed by atoms with Crippen LogP contribution in [0.5, 0.6) is 0 Å². The van der Waals surface area contributed by atoms with Crippen LogP contribution in [0.15, 0.2) is 0 Å². The summed E-state index contributed by atoms with van der Waals surface area (Å²) >= 11 is 0. The molecule has 3 nitrogen and oxygen atoms in total. The van der Waals surface area contributed by atoms with E-state index in [1.807, 2.05) is 14.1 Å². The van der Waals surface area contributed by atoms with Gasteiger partial charge in [-0.3, -0.25) is 4.79 Å². The molecule has 0 saturated carbocycles. The Morgan fingerprint density at radius 2 is 2.40 bits per heavy atom. The molecule has 1 heterocycles. The van der Waals surface area contributed by atoms with Crippen LogP contribution in [0, 0.1) is 5.92 Å². The first-order valence-electron chi connectivity index (χ1n) is 3.60. The summed E-state index contributed by atoms with van der Waals surface area (Å²) < 4.78 is 0. The van der Waals surface area contributed by atoms with Gasteiger partial charge in [-0.05, 0) is 20.0 Å². The molecule has 0 radical (unpaired) electrons. The summed E-state index contributed by atoms with van der Waals surface area (Å²) in [4.78, 5) is 12.8. The molecule has 0 aromatic rings. The lowest BCUT2D eigenvalue weighted by molar-refractivity contribution is -0.119. The van der Waals surface area contributed by atoms with E-state index in [1.165, 1.54) is 0 Å². The average molecular weight is 142 g/mol. The molecule has 1 aliphatic rings. The second kappa shape index (κ2) is 3.01. The van der Waals surface area contributed by atoms with E-state index >= 15 is 0 Å². The molecule has 1 amide bonds. The first-order valence-corrected chi connectivity index (χ1v) is 3.60. The van der Waals surface area contributed by atoms with Gasteiger partial charge < -0.3 is 10.2 Å². The minimum Gasteiger partial charge on any atom is -0.356 e. The van der Waals surface area contributed by atoms with Crippen molar-refractivity contribution in [3.63, 3.8) is 0 Å². The molecule has 1 saturated heterocycles. The van der Waals surface area contributed by atoms with Crippen LogP contribution in [0.1, 0.15) is 6.42 Å². The lowest BCUT2D eigenvalue weighted by Gasteiger charge is -2.13. The number of carbonyl (C=O) groups excluding carboxylic acids is 1. The fourth-order valence-electron chi connectivity index (χ4n) is 1.31. The van der Waals surface area contributed by atoms with Gasteiger partial charge in [0, 0.05) is 19.5 Å². The highest BCUT2D eigenvalue weighted by atomic mass is 16.1. The minimum atomic E-state index is 0.201. The fraction of sp³-hybridized carbons (Fsp3) is 0.857. The van der Waals surface area contributed by atoms with Gasteiger partial charge in [-0.2, -0.15) is 0 Å². The third-order valence-electron chi connectivity index (χ3n) is 1.69. The first kappa shape index (κ1) is 7.54. The molecular formula is C7H14N2O. The number of amides is 1. The van der Waals surface area contributed by atoms with Crippen LogP contribution >= 0.6 is 0 Å². The normalized spacial score (nSPS) is 25.5. The summed E-state index contributed by atoms with van der Waals surface area (Å²) in [6.07, 6.45) is 0.707. The molecule has 0 aromatic heterocycles. The van der Waals surface area contributed by atoms with Crippen molar-refractivity contribution in [2.45, 2.75) is 6.42 Å². The quantitative estimate of drug-likeness (QED) is 0.573. The molecule has 3 heteroatoms. The van der Waals surface area contributed by atoms with E-state index in [-0.39, 0.29) is 5.91 Å². The van der Waals surface area contributed by atoms with E-state index in [0.29, 0.717) is 12.3 Å². The van der Waals surface area contributed by atoms with Crippen molar-refractivity contribution < 1.29 is 4.79 Å². The van der Waals surface area contributed by atoms with Crippen LogP contribution in [-0.2, 0) is 4.79 Å². The van der Waals surface area contributed by atoms with Crippen molar-refractivity contribution in [2.24, 2.45) is 5.92 Å². The number of carbonyl (C=O) groups is 1. The van der Waals surface area contributed by atoms with Crippen LogP contribution in [0.25, 0.3) is 0 Å². The predicted molar refractivity (Wildman–Crippen MR) is 39.7 cm³/mol. The van der Waals surface area contributed by atoms with Crippen molar-refractivity contribution in [1.82, 2.24) is 10.2 Å². The standard InChI is InChI=1S/C7H14N2O/c1-9(2)5-6-3-7(10)8-4-6/h6H,3-5H2,1-2H3,(H,8,10). The Hall–Kier alpha value is -0.570. The summed E-state index contributed by atoms with van der Waals surface area (Å²) in [5.74, 6) is 0.731. The van der Waals surface area contributed by atoms with Gasteiger partial charge in [0.25, 0.3) is 0 Å². The summed E-state index contributed by atoms with van der Waals surface area (Å²) in [7, 11) is 4.06. The highest BCUT2D eigenvalue weighted by Gasteiger charge is 2.21. The Bertz CT molecular complexity index is 134. The third-order valence-corrected chi connectivity index (χ3v) is 1.69. The Kier molecular flexibility index (Phi) is 2.27. The number of rotatable bonds is 2. The van der Waals surface area contributed by atoms with E-state index in [1.54, 1.807) is 0 Å². The average Bonchev–Trinajstić information content (AvgIpc) is 2.13. The maximum atomic E-state index is 10.7. The Morgan fingerprint density at radius 3 is 2.80 bits per heavy atom. The Balaban J connectivity index is 2.24. The zero-order valence-corrected chi connectivity index (χ0v) is 6.55. The summed E-state index contributed by atoms with van der Waals surface area (Å²) in [6, 6.07) is 0. The molecular weight excluding hydrogens is 128 g/mol. The second-order valence-corrected chi connectivity index (χ2v) is 3.14. The van der Waals surface area contributed by atoms with Crippen molar-refractivity contribution in [3.05, 3.63) is 0 Å². The molecule has 1 rings (SSSR count). The molecule has 0 bridgehead atoms. The summed E-state index contributed by atoms with van der Waals surface area (Å²) in [6.45, 7) is 1.87. The van der Waals surface area contributed by atoms with E-state index < -0.39 is 0 Å².